The molecule has 0 saturated carbocycles. The van der Waals surface area contributed by atoms with E-state index in [1.54, 1.807) is 0 Å². The summed E-state index contributed by atoms with van der Waals surface area (Å²) in [4.78, 5) is 10.1. The van der Waals surface area contributed by atoms with Gasteiger partial charge in [-0.3, -0.25) is 0 Å². The van der Waals surface area contributed by atoms with Crippen molar-refractivity contribution >= 4 is 6.16 Å². The maximum absolute atomic E-state index is 12.8. The topological polar surface area (TPSA) is 35.5 Å². The lowest BCUT2D eigenvalue weighted by molar-refractivity contribution is -0.280. The average molecular weight is 206 g/mol. The Morgan fingerprint density at radius 3 is 2.31 bits per heavy atom. The van der Waals surface area contributed by atoms with Gasteiger partial charge in [0.1, 0.15) is 0 Å². The SMILES string of the molecule is O=C1OCC(F)(C(F)(F)C(F)F)O1. The first-order valence-electron chi connectivity index (χ1n) is 3.00. The minimum absolute atomic E-state index is 1.54. The summed E-state index contributed by atoms with van der Waals surface area (Å²) in [5.74, 6) is -9.14. The minimum Gasteiger partial charge on any atom is -0.427 e. The summed E-state index contributed by atoms with van der Waals surface area (Å²) in [5, 5.41) is 0. The normalized spacial score (nSPS) is 28.9. The van der Waals surface area contributed by atoms with Gasteiger partial charge < -0.3 is 9.47 Å². The molecule has 76 valence electrons. The van der Waals surface area contributed by atoms with Crippen LogP contribution >= 0.6 is 0 Å². The maximum Gasteiger partial charge on any atom is 0.511 e. The Bertz CT molecular complexity index is 230. The highest BCUT2D eigenvalue weighted by atomic mass is 19.3. The fourth-order valence-electron chi connectivity index (χ4n) is 0.670. The molecule has 1 aliphatic rings. The standard InChI is InChI=1S/C5H3F5O3/c6-2(7)5(9,10)4(8)1-12-3(11)13-4/h2H,1H2. The Morgan fingerprint density at radius 1 is 1.46 bits per heavy atom. The molecule has 0 aromatic rings. The molecule has 13 heavy (non-hydrogen) atoms. The predicted octanol–water partition coefficient (Wildman–Crippen LogP) is 1.72. The summed E-state index contributed by atoms with van der Waals surface area (Å²) in [6.07, 6.45) is -6.00. The molecular weight excluding hydrogens is 203 g/mol. The third kappa shape index (κ3) is 1.40. The van der Waals surface area contributed by atoms with Crippen molar-refractivity contribution in [2.24, 2.45) is 0 Å². The van der Waals surface area contributed by atoms with E-state index in [0.717, 1.165) is 0 Å². The van der Waals surface area contributed by atoms with Crippen LogP contribution in [0.1, 0.15) is 0 Å². The Hall–Kier alpha value is -1.08. The van der Waals surface area contributed by atoms with E-state index >= 15 is 0 Å². The molecule has 1 saturated heterocycles. The highest BCUT2D eigenvalue weighted by Gasteiger charge is 2.68. The average Bonchev–Trinajstić information content (AvgIpc) is 2.32. The van der Waals surface area contributed by atoms with E-state index in [0.29, 0.717) is 0 Å². The molecule has 0 amide bonds. The summed E-state index contributed by atoms with van der Waals surface area (Å²) in [6.45, 7) is -1.54. The zero-order valence-corrected chi connectivity index (χ0v) is 5.90. The second kappa shape index (κ2) is 2.71. The molecule has 0 N–H and O–H groups in total. The molecule has 0 aromatic carbocycles. The van der Waals surface area contributed by atoms with Gasteiger partial charge in [0.05, 0.1) is 0 Å². The summed E-state index contributed by atoms with van der Waals surface area (Å²) in [6, 6.07) is 0. The molecule has 0 aromatic heterocycles. The van der Waals surface area contributed by atoms with E-state index in [9.17, 15) is 26.7 Å². The van der Waals surface area contributed by atoms with Crippen LogP contribution in [0.4, 0.5) is 26.7 Å². The number of hydrogen-bond donors (Lipinski definition) is 0. The smallest absolute Gasteiger partial charge is 0.427 e. The number of carbonyl (C=O) groups excluding carboxylic acids is 1. The first-order chi connectivity index (χ1) is 5.79. The van der Waals surface area contributed by atoms with Crippen molar-refractivity contribution in [3.8, 4) is 0 Å². The molecule has 0 bridgehead atoms. The Labute approximate surface area is 68.4 Å². The molecule has 1 fully saturated rings. The fourth-order valence-corrected chi connectivity index (χ4v) is 0.670. The number of cyclic esters (lactones) is 2. The second-order valence-electron chi connectivity index (χ2n) is 2.29. The summed E-state index contributed by atoms with van der Waals surface area (Å²) in [7, 11) is 0. The van der Waals surface area contributed by atoms with Crippen LogP contribution in [-0.4, -0.2) is 31.0 Å². The van der Waals surface area contributed by atoms with Gasteiger partial charge in [-0.2, -0.15) is 13.2 Å². The maximum atomic E-state index is 12.8. The van der Waals surface area contributed by atoms with Crippen molar-refractivity contribution in [2.45, 2.75) is 18.2 Å². The molecule has 0 aliphatic carbocycles. The number of ether oxygens (including phenoxy) is 2. The van der Waals surface area contributed by atoms with Gasteiger partial charge in [0.15, 0.2) is 6.61 Å². The van der Waals surface area contributed by atoms with E-state index in [2.05, 4.69) is 9.47 Å². The molecule has 1 aliphatic heterocycles. The molecule has 0 spiro atoms. The van der Waals surface area contributed by atoms with Crippen molar-refractivity contribution in [2.75, 3.05) is 6.61 Å². The van der Waals surface area contributed by atoms with Crippen molar-refractivity contribution in [1.82, 2.24) is 0 Å². The Balaban J connectivity index is 2.86. The fraction of sp³-hybridized carbons (Fsp3) is 0.800. The molecule has 1 atom stereocenters. The van der Waals surface area contributed by atoms with Gasteiger partial charge in [0, 0.05) is 0 Å². The third-order valence-electron chi connectivity index (χ3n) is 1.39. The van der Waals surface area contributed by atoms with Gasteiger partial charge in [-0.15, -0.1) is 0 Å². The van der Waals surface area contributed by atoms with Crippen LogP contribution in [0.25, 0.3) is 0 Å². The van der Waals surface area contributed by atoms with E-state index < -0.39 is 31.0 Å². The highest BCUT2D eigenvalue weighted by Crippen LogP contribution is 2.41. The number of halogens is 5. The molecule has 0 radical (unpaired) electrons. The minimum atomic E-state index is -5.07. The summed E-state index contributed by atoms with van der Waals surface area (Å²) < 4.78 is 67.6. The molecular formula is C5H3F5O3. The predicted molar refractivity (Wildman–Crippen MR) is 27.2 cm³/mol. The van der Waals surface area contributed by atoms with Crippen molar-refractivity contribution in [3.63, 3.8) is 0 Å². The second-order valence-corrected chi connectivity index (χ2v) is 2.29. The van der Waals surface area contributed by atoms with Crippen molar-refractivity contribution in [3.05, 3.63) is 0 Å². The molecule has 8 heteroatoms. The number of carbonyl (C=O) groups is 1. The lowest BCUT2D eigenvalue weighted by Crippen LogP contribution is -2.51. The summed E-state index contributed by atoms with van der Waals surface area (Å²) >= 11 is 0. The van der Waals surface area contributed by atoms with Crippen LogP contribution in [0, 0.1) is 0 Å². The Kier molecular flexibility index (Phi) is 2.08. The van der Waals surface area contributed by atoms with E-state index in [4.69, 9.17) is 0 Å². The van der Waals surface area contributed by atoms with E-state index in [1.807, 2.05) is 0 Å². The number of rotatable bonds is 2. The third-order valence-corrected chi connectivity index (χ3v) is 1.39. The van der Waals surface area contributed by atoms with Crippen LogP contribution in [-0.2, 0) is 9.47 Å². The zero-order valence-electron chi connectivity index (χ0n) is 5.90. The van der Waals surface area contributed by atoms with Gasteiger partial charge in [-0.25, -0.2) is 13.6 Å². The quantitative estimate of drug-likeness (QED) is 0.509. The highest BCUT2D eigenvalue weighted by molar-refractivity contribution is 5.62. The van der Waals surface area contributed by atoms with Gasteiger partial charge in [0.2, 0.25) is 0 Å². The monoisotopic (exact) mass is 206 g/mol. The number of hydrogen-bond acceptors (Lipinski definition) is 3. The van der Waals surface area contributed by atoms with Crippen LogP contribution in [0.3, 0.4) is 0 Å². The summed E-state index contributed by atoms with van der Waals surface area (Å²) in [5.41, 5.74) is 0. The van der Waals surface area contributed by atoms with E-state index in [1.165, 1.54) is 0 Å². The lowest BCUT2D eigenvalue weighted by Gasteiger charge is -2.24. The van der Waals surface area contributed by atoms with Crippen molar-refractivity contribution < 1.29 is 36.2 Å². The first-order valence-corrected chi connectivity index (χ1v) is 3.00. The van der Waals surface area contributed by atoms with Crippen LogP contribution < -0.4 is 0 Å². The van der Waals surface area contributed by atoms with Crippen LogP contribution in [0.5, 0.6) is 0 Å². The zero-order chi connectivity index (χ0) is 10.3. The van der Waals surface area contributed by atoms with Gasteiger partial charge in [-0.1, -0.05) is 0 Å². The Morgan fingerprint density at radius 2 is 2.00 bits per heavy atom. The number of alkyl halides is 5. The first kappa shape index (κ1) is 10.0. The van der Waals surface area contributed by atoms with E-state index in [-0.39, 0.29) is 0 Å². The molecule has 1 heterocycles. The van der Waals surface area contributed by atoms with Gasteiger partial charge >= 0.3 is 24.4 Å². The van der Waals surface area contributed by atoms with Crippen LogP contribution in [0.2, 0.25) is 0 Å². The van der Waals surface area contributed by atoms with Gasteiger partial charge in [0.25, 0.3) is 0 Å². The van der Waals surface area contributed by atoms with Crippen LogP contribution in [0.15, 0.2) is 0 Å². The molecule has 3 nitrogen and oxygen atoms in total. The van der Waals surface area contributed by atoms with Gasteiger partial charge in [-0.05, 0) is 0 Å². The largest absolute Gasteiger partial charge is 0.511 e. The van der Waals surface area contributed by atoms with Crippen molar-refractivity contribution in [1.29, 1.82) is 0 Å². The lowest BCUT2D eigenvalue weighted by atomic mass is 10.2. The molecule has 1 unspecified atom stereocenters. The molecule has 1 rings (SSSR count).